The summed E-state index contributed by atoms with van der Waals surface area (Å²) in [7, 11) is -0.867. The molecule has 1 unspecified atom stereocenters. The van der Waals surface area contributed by atoms with Crippen LogP contribution < -0.4 is 10.6 Å². The summed E-state index contributed by atoms with van der Waals surface area (Å²) in [6.07, 6.45) is 0. The van der Waals surface area contributed by atoms with E-state index in [1.54, 1.807) is 12.1 Å². The first-order chi connectivity index (χ1) is 8.67. The molecule has 18 heavy (non-hydrogen) atoms. The standard InChI is InChI=1S/C11H18N4O2S/c1-3-12-10-6-5-9(14-15-10)11(16)13-7-8-18(17)4-2/h5-6H,3-4,7-8H2,1-2H3,(H,12,15)(H,13,16). The van der Waals surface area contributed by atoms with Gasteiger partial charge in [-0.25, -0.2) is 0 Å². The lowest BCUT2D eigenvalue weighted by atomic mass is 10.3. The third-order valence-corrected chi connectivity index (χ3v) is 3.50. The van der Waals surface area contributed by atoms with E-state index in [0.29, 0.717) is 23.9 Å². The predicted molar refractivity (Wildman–Crippen MR) is 72.1 cm³/mol. The van der Waals surface area contributed by atoms with Crippen LogP contribution in [-0.4, -0.2) is 44.9 Å². The number of hydrogen-bond donors (Lipinski definition) is 2. The molecule has 0 radical (unpaired) electrons. The van der Waals surface area contributed by atoms with Crippen LogP contribution in [0.25, 0.3) is 0 Å². The summed E-state index contributed by atoms with van der Waals surface area (Å²) < 4.78 is 11.2. The van der Waals surface area contributed by atoms with Gasteiger partial charge in [0.25, 0.3) is 5.91 Å². The van der Waals surface area contributed by atoms with Crippen LogP contribution in [0, 0.1) is 0 Å². The molecule has 0 saturated carbocycles. The van der Waals surface area contributed by atoms with Crippen molar-refractivity contribution in [1.82, 2.24) is 15.5 Å². The molecule has 0 aliphatic heterocycles. The summed E-state index contributed by atoms with van der Waals surface area (Å²) in [5, 5.41) is 13.3. The Balaban J connectivity index is 2.44. The molecule has 1 aromatic rings. The normalized spacial score (nSPS) is 11.9. The van der Waals surface area contributed by atoms with E-state index in [1.165, 1.54) is 0 Å². The van der Waals surface area contributed by atoms with E-state index < -0.39 is 10.8 Å². The maximum atomic E-state index is 11.7. The lowest BCUT2D eigenvalue weighted by molar-refractivity contribution is 0.0950. The van der Waals surface area contributed by atoms with E-state index in [0.717, 1.165) is 6.54 Å². The van der Waals surface area contributed by atoms with Crippen molar-refractivity contribution in [2.75, 3.05) is 29.9 Å². The average Bonchev–Trinajstić information content (AvgIpc) is 2.39. The van der Waals surface area contributed by atoms with Crippen LogP contribution in [0.2, 0.25) is 0 Å². The SMILES string of the molecule is CCNc1ccc(C(=O)NCCS(=O)CC)nn1. The monoisotopic (exact) mass is 270 g/mol. The van der Waals surface area contributed by atoms with Crippen LogP contribution in [0.15, 0.2) is 12.1 Å². The van der Waals surface area contributed by atoms with Crippen molar-refractivity contribution in [3.8, 4) is 0 Å². The number of nitrogens with one attached hydrogen (secondary N) is 2. The third-order valence-electron chi connectivity index (χ3n) is 2.19. The van der Waals surface area contributed by atoms with Gasteiger partial charge in [0.05, 0.1) is 0 Å². The highest BCUT2D eigenvalue weighted by Crippen LogP contribution is 2.01. The van der Waals surface area contributed by atoms with Crippen LogP contribution in [0.3, 0.4) is 0 Å². The molecule has 0 aliphatic carbocycles. The molecule has 1 rings (SSSR count). The van der Waals surface area contributed by atoms with Crippen molar-refractivity contribution < 1.29 is 9.00 Å². The van der Waals surface area contributed by atoms with Gasteiger partial charge in [-0.2, -0.15) is 0 Å². The number of amides is 1. The summed E-state index contributed by atoms with van der Waals surface area (Å²) in [6.45, 7) is 4.94. The zero-order valence-electron chi connectivity index (χ0n) is 10.6. The van der Waals surface area contributed by atoms with Gasteiger partial charge < -0.3 is 10.6 Å². The average molecular weight is 270 g/mol. The molecule has 2 N–H and O–H groups in total. The number of anilines is 1. The van der Waals surface area contributed by atoms with Crippen molar-refractivity contribution in [2.45, 2.75) is 13.8 Å². The highest BCUT2D eigenvalue weighted by atomic mass is 32.2. The summed E-state index contributed by atoms with van der Waals surface area (Å²) in [4.78, 5) is 11.7. The lowest BCUT2D eigenvalue weighted by Gasteiger charge is -2.04. The van der Waals surface area contributed by atoms with Gasteiger partial charge in [0.15, 0.2) is 5.69 Å². The Morgan fingerprint density at radius 2 is 2.11 bits per heavy atom. The molecular weight excluding hydrogens is 252 g/mol. The summed E-state index contributed by atoms with van der Waals surface area (Å²) >= 11 is 0. The highest BCUT2D eigenvalue weighted by molar-refractivity contribution is 7.84. The second kappa shape index (κ2) is 7.75. The quantitative estimate of drug-likeness (QED) is 0.749. The molecule has 1 aromatic heterocycles. The summed E-state index contributed by atoms with van der Waals surface area (Å²) in [6, 6.07) is 3.31. The lowest BCUT2D eigenvalue weighted by Crippen LogP contribution is -2.28. The number of carbonyl (C=O) groups excluding carboxylic acids is 1. The van der Waals surface area contributed by atoms with Gasteiger partial charge in [-0.15, -0.1) is 10.2 Å². The van der Waals surface area contributed by atoms with Crippen molar-refractivity contribution in [2.24, 2.45) is 0 Å². The van der Waals surface area contributed by atoms with Gasteiger partial charge in [0, 0.05) is 35.4 Å². The molecule has 100 valence electrons. The van der Waals surface area contributed by atoms with E-state index in [-0.39, 0.29) is 11.6 Å². The molecule has 0 bridgehead atoms. The van der Waals surface area contributed by atoms with Crippen molar-refractivity contribution in [3.05, 3.63) is 17.8 Å². The van der Waals surface area contributed by atoms with Crippen LogP contribution in [-0.2, 0) is 10.8 Å². The minimum absolute atomic E-state index is 0.263. The molecule has 0 aliphatic rings. The van der Waals surface area contributed by atoms with Crippen LogP contribution in [0.4, 0.5) is 5.82 Å². The van der Waals surface area contributed by atoms with E-state index in [1.807, 2.05) is 13.8 Å². The largest absolute Gasteiger partial charge is 0.369 e. The van der Waals surface area contributed by atoms with Gasteiger partial charge in [-0.3, -0.25) is 9.00 Å². The Bertz CT molecular complexity index is 408. The molecule has 6 nitrogen and oxygen atoms in total. The topological polar surface area (TPSA) is 84.0 Å². The summed E-state index contributed by atoms with van der Waals surface area (Å²) in [5.41, 5.74) is 0.263. The minimum Gasteiger partial charge on any atom is -0.369 e. The molecule has 0 spiro atoms. The van der Waals surface area contributed by atoms with Crippen LogP contribution >= 0.6 is 0 Å². The van der Waals surface area contributed by atoms with E-state index in [9.17, 15) is 9.00 Å². The first-order valence-corrected chi connectivity index (χ1v) is 7.37. The van der Waals surface area contributed by atoms with Crippen LogP contribution in [0.1, 0.15) is 24.3 Å². The Morgan fingerprint density at radius 3 is 2.67 bits per heavy atom. The molecule has 0 aromatic carbocycles. The number of nitrogens with zero attached hydrogens (tertiary/aromatic N) is 2. The predicted octanol–water partition coefficient (Wildman–Crippen LogP) is 0.407. The number of aromatic nitrogens is 2. The maximum Gasteiger partial charge on any atom is 0.271 e. The molecule has 1 heterocycles. The Kier molecular flexibility index (Phi) is 6.27. The van der Waals surface area contributed by atoms with Gasteiger partial charge in [0.2, 0.25) is 0 Å². The maximum absolute atomic E-state index is 11.7. The molecule has 7 heteroatoms. The second-order valence-corrected chi connectivity index (χ2v) is 5.39. The van der Waals surface area contributed by atoms with Crippen molar-refractivity contribution >= 4 is 22.5 Å². The van der Waals surface area contributed by atoms with E-state index in [4.69, 9.17) is 0 Å². The van der Waals surface area contributed by atoms with E-state index in [2.05, 4.69) is 20.8 Å². The molecular formula is C11H18N4O2S. The number of carbonyl (C=O) groups is 1. The fraction of sp³-hybridized carbons (Fsp3) is 0.545. The first-order valence-electron chi connectivity index (χ1n) is 5.88. The van der Waals surface area contributed by atoms with Gasteiger partial charge >= 0.3 is 0 Å². The Hall–Kier alpha value is -1.50. The number of hydrogen-bond acceptors (Lipinski definition) is 5. The second-order valence-electron chi connectivity index (χ2n) is 3.52. The van der Waals surface area contributed by atoms with Crippen molar-refractivity contribution in [3.63, 3.8) is 0 Å². The van der Waals surface area contributed by atoms with Gasteiger partial charge in [-0.1, -0.05) is 6.92 Å². The molecule has 0 saturated heterocycles. The van der Waals surface area contributed by atoms with Crippen molar-refractivity contribution in [1.29, 1.82) is 0 Å². The number of rotatable bonds is 7. The van der Waals surface area contributed by atoms with Crippen LogP contribution in [0.5, 0.6) is 0 Å². The van der Waals surface area contributed by atoms with Gasteiger partial charge in [-0.05, 0) is 19.1 Å². The van der Waals surface area contributed by atoms with E-state index >= 15 is 0 Å². The zero-order chi connectivity index (χ0) is 13.4. The van der Waals surface area contributed by atoms with Gasteiger partial charge in [0.1, 0.15) is 5.82 Å². The first kappa shape index (κ1) is 14.6. The molecule has 0 fully saturated rings. The summed E-state index contributed by atoms with van der Waals surface area (Å²) in [5.74, 6) is 1.41. The Morgan fingerprint density at radius 1 is 1.33 bits per heavy atom. The molecule has 1 amide bonds. The highest BCUT2D eigenvalue weighted by Gasteiger charge is 2.07. The Labute approximate surface area is 109 Å². The third kappa shape index (κ3) is 4.79. The minimum atomic E-state index is -0.867. The zero-order valence-corrected chi connectivity index (χ0v) is 11.4. The fourth-order valence-corrected chi connectivity index (χ4v) is 1.86. The fourth-order valence-electron chi connectivity index (χ4n) is 1.24. The smallest absolute Gasteiger partial charge is 0.271 e. The molecule has 1 atom stereocenters.